The van der Waals surface area contributed by atoms with Crippen molar-refractivity contribution < 1.29 is 23.8 Å². The van der Waals surface area contributed by atoms with Gasteiger partial charge in [-0.15, -0.1) is 0 Å². The molecule has 0 saturated carbocycles. The van der Waals surface area contributed by atoms with Gasteiger partial charge in [0, 0.05) is 6.20 Å². The number of hydrogen-bond acceptors (Lipinski definition) is 6. The first-order chi connectivity index (χ1) is 12.9. The average Bonchev–Trinajstić information content (AvgIpc) is 2.66. The summed E-state index contributed by atoms with van der Waals surface area (Å²) in [5.74, 6) is -0.226. The maximum absolute atomic E-state index is 11.9. The van der Waals surface area contributed by atoms with E-state index in [4.69, 9.17) is 37.4 Å². The number of pyridine rings is 1. The Hall–Kier alpha value is -2.51. The van der Waals surface area contributed by atoms with Crippen LogP contribution in [0.3, 0.4) is 0 Å². The van der Waals surface area contributed by atoms with E-state index in [-0.39, 0.29) is 17.4 Å². The number of nitrogens with zero attached hydrogens (tertiary/aromatic N) is 1. The van der Waals surface area contributed by atoms with Crippen molar-refractivity contribution in [2.75, 3.05) is 25.1 Å². The highest BCUT2D eigenvalue weighted by atomic mass is 35.5. The number of amides is 1. The molecule has 0 saturated heterocycles. The maximum atomic E-state index is 11.9. The van der Waals surface area contributed by atoms with E-state index in [1.807, 2.05) is 6.92 Å². The summed E-state index contributed by atoms with van der Waals surface area (Å²) in [5, 5.41) is 3.06. The number of halogens is 2. The van der Waals surface area contributed by atoms with E-state index in [1.165, 1.54) is 6.20 Å². The predicted octanol–water partition coefficient (Wildman–Crippen LogP) is 3.66. The van der Waals surface area contributed by atoms with Crippen molar-refractivity contribution in [3.8, 4) is 11.5 Å². The zero-order chi connectivity index (χ0) is 19.8. The molecule has 0 aliphatic heterocycles. The first-order valence-corrected chi connectivity index (χ1v) is 8.78. The number of carbonyl (C=O) groups is 2. The minimum absolute atomic E-state index is 0.140. The summed E-state index contributed by atoms with van der Waals surface area (Å²) in [6, 6.07) is 6.93. The van der Waals surface area contributed by atoms with Crippen molar-refractivity contribution in [1.29, 1.82) is 0 Å². The number of para-hydroxylation sites is 2. The van der Waals surface area contributed by atoms with Crippen LogP contribution in [-0.2, 0) is 14.3 Å². The number of carbonyl (C=O) groups excluding carboxylic acids is 2. The molecule has 144 valence electrons. The third-order valence-corrected chi connectivity index (χ3v) is 4.16. The van der Waals surface area contributed by atoms with Crippen LogP contribution >= 0.6 is 23.2 Å². The van der Waals surface area contributed by atoms with Gasteiger partial charge in [0.25, 0.3) is 5.91 Å². The van der Waals surface area contributed by atoms with E-state index in [9.17, 15) is 9.59 Å². The number of esters is 1. The van der Waals surface area contributed by atoms with Gasteiger partial charge in [0.1, 0.15) is 0 Å². The molecule has 1 aromatic heterocycles. The summed E-state index contributed by atoms with van der Waals surface area (Å²) in [4.78, 5) is 27.6. The van der Waals surface area contributed by atoms with E-state index in [0.717, 1.165) is 0 Å². The molecular weight excluding hydrogens is 395 g/mol. The number of ether oxygens (including phenoxy) is 3. The highest BCUT2D eigenvalue weighted by Crippen LogP contribution is 2.28. The van der Waals surface area contributed by atoms with E-state index in [0.29, 0.717) is 28.7 Å². The lowest BCUT2D eigenvalue weighted by Crippen LogP contribution is -2.24. The molecule has 27 heavy (non-hydrogen) atoms. The lowest BCUT2D eigenvalue weighted by atomic mass is 10.3. The first kappa shape index (κ1) is 20.8. The molecule has 0 radical (unpaired) electrons. The highest BCUT2D eigenvalue weighted by molar-refractivity contribution is 6.37. The Kier molecular flexibility index (Phi) is 7.69. The van der Waals surface area contributed by atoms with E-state index in [2.05, 4.69) is 10.3 Å². The molecule has 0 unspecified atom stereocenters. The van der Waals surface area contributed by atoms with Crippen molar-refractivity contribution >= 4 is 40.9 Å². The molecule has 0 atom stereocenters. The average molecular weight is 413 g/mol. The quantitative estimate of drug-likeness (QED) is 0.665. The third kappa shape index (κ3) is 6.01. The summed E-state index contributed by atoms with van der Waals surface area (Å²) < 4.78 is 15.6. The molecule has 0 bridgehead atoms. The maximum Gasteiger partial charge on any atom is 0.344 e. The standard InChI is InChI=1S/C18H18Cl2N2O5/c1-3-25-13-6-4-5-7-14(13)26-10-16(24)27-9-15(23)22-18-17(20)11(2)12(19)8-21-18/h4-8H,3,9-10H2,1-2H3,(H,21,22,23). The van der Waals surface area contributed by atoms with Crippen molar-refractivity contribution in [1.82, 2.24) is 4.98 Å². The van der Waals surface area contributed by atoms with Crippen LogP contribution in [-0.4, -0.2) is 36.7 Å². The van der Waals surface area contributed by atoms with Crippen LogP contribution in [0.15, 0.2) is 30.5 Å². The lowest BCUT2D eigenvalue weighted by molar-refractivity contribution is -0.149. The summed E-state index contributed by atoms with van der Waals surface area (Å²) in [7, 11) is 0. The van der Waals surface area contributed by atoms with Crippen LogP contribution < -0.4 is 14.8 Å². The molecule has 2 aromatic rings. The molecule has 0 spiro atoms. The highest BCUT2D eigenvalue weighted by Gasteiger charge is 2.14. The van der Waals surface area contributed by atoms with Crippen molar-refractivity contribution in [2.45, 2.75) is 13.8 Å². The number of hydrogen-bond donors (Lipinski definition) is 1. The third-order valence-electron chi connectivity index (χ3n) is 3.32. The van der Waals surface area contributed by atoms with Gasteiger partial charge >= 0.3 is 5.97 Å². The van der Waals surface area contributed by atoms with E-state index >= 15 is 0 Å². The van der Waals surface area contributed by atoms with Gasteiger partial charge in [-0.1, -0.05) is 35.3 Å². The predicted molar refractivity (Wildman–Crippen MR) is 102 cm³/mol. The Morgan fingerprint density at radius 3 is 2.44 bits per heavy atom. The minimum atomic E-state index is -0.706. The topological polar surface area (TPSA) is 86.8 Å². The molecule has 0 aliphatic rings. The fourth-order valence-electron chi connectivity index (χ4n) is 1.98. The van der Waals surface area contributed by atoms with Gasteiger partial charge in [-0.3, -0.25) is 4.79 Å². The number of rotatable bonds is 8. The first-order valence-electron chi connectivity index (χ1n) is 8.03. The van der Waals surface area contributed by atoms with Crippen LogP contribution in [0.1, 0.15) is 12.5 Å². The van der Waals surface area contributed by atoms with Gasteiger partial charge in [-0.2, -0.15) is 0 Å². The number of nitrogens with one attached hydrogen (secondary N) is 1. The van der Waals surface area contributed by atoms with Crippen LogP contribution in [0.25, 0.3) is 0 Å². The Morgan fingerprint density at radius 1 is 1.11 bits per heavy atom. The summed E-state index contributed by atoms with van der Waals surface area (Å²) in [6.07, 6.45) is 1.37. The Bertz CT molecular complexity index is 829. The van der Waals surface area contributed by atoms with Gasteiger partial charge in [-0.25, -0.2) is 9.78 Å². The van der Waals surface area contributed by atoms with Gasteiger partial charge < -0.3 is 19.5 Å². The Balaban J connectivity index is 1.82. The number of anilines is 1. The van der Waals surface area contributed by atoms with Crippen molar-refractivity contribution in [3.05, 3.63) is 46.1 Å². The summed E-state index contributed by atoms with van der Waals surface area (Å²) in [6.45, 7) is 3.13. The Labute approximate surface area is 166 Å². The molecule has 1 amide bonds. The SMILES string of the molecule is CCOc1ccccc1OCC(=O)OCC(=O)Nc1ncc(Cl)c(C)c1Cl. The van der Waals surface area contributed by atoms with Gasteiger partial charge in [-0.05, 0) is 31.5 Å². The van der Waals surface area contributed by atoms with Crippen LogP contribution in [0.5, 0.6) is 11.5 Å². The second-order valence-corrected chi connectivity index (χ2v) is 6.06. The molecular formula is C18H18Cl2N2O5. The Morgan fingerprint density at radius 2 is 1.78 bits per heavy atom. The van der Waals surface area contributed by atoms with Crippen molar-refractivity contribution in [3.63, 3.8) is 0 Å². The monoisotopic (exact) mass is 412 g/mol. The second-order valence-electron chi connectivity index (χ2n) is 5.27. The summed E-state index contributed by atoms with van der Waals surface area (Å²) in [5.41, 5.74) is 0.585. The molecule has 9 heteroatoms. The molecule has 1 N–H and O–H groups in total. The van der Waals surface area contributed by atoms with E-state index in [1.54, 1.807) is 31.2 Å². The van der Waals surface area contributed by atoms with Crippen LogP contribution in [0.2, 0.25) is 10.0 Å². The van der Waals surface area contributed by atoms with Crippen molar-refractivity contribution in [2.24, 2.45) is 0 Å². The second kappa shape index (κ2) is 9.99. The fourth-order valence-corrected chi connectivity index (χ4v) is 2.37. The molecule has 2 rings (SSSR count). The molecule has 7 nitrogen and oxygen atoms in total. The summed E-state index contributed by atoms with van der Waals surface area (Å²) >= 11 is 12.0. The van der Waals surface area contributed by atoms with Gasteiger partial charge in [0.15, 0.2) is 30.5 Å². The van der Waals surface area contributed by atoms with Gasteiger partial charge in [0.05, 0.1) is 16.7 Å². The zero-order valence-corrected chi connectivity index (χ0v) is 16.3. The number of benzene rings is 1. The zero-order valence-electron chi connectivity index (χ0n) is 14.8. The smallest absolute Gasteiger partial charge is 0.344 e. The van der Waals surface area contributed by atoms with Crippen LogP contribution in [0, 0.1) is 6.92 Å². The van der Waals surface area contributed by atoms with Crippen LogP contribution in [0.4, 0.5) is 5.82 Å². The molecule has 0 aliphatic carbocycles. The minimum Gasteiger partial charge on any atom is -0.490 e. The normalized spacial score (nSPS) is 10.2. The lowest BCUT2D eigenvalue weighted by Gasteiger charge is -2.11. The molecule has 0 fully saturated rings. The molecule has 1 heterocycles. The number of aromatic nitrogens is 1. The largest absolute Gasteiger partial charge is 0.490 e. The molecule has 1 aromatic carbocycles. The fraction of sp³-hybridized carbons (Fsp3) is 0.278. The van der Waals surface area contributed by atoms with E-state index < -0.39 is 18.5 Å². The van der Waals surface area contributed by atoms with Gasteiger partial charge in [0.2, 0.25) is 0 Å².